The maximum absolute atomic E-state index is 10.3. The summed E-state index contributed by atoms with van der Waals surface area (Å²) in [4.78, 5) is 0. The van der Waals surface area contributed by atoms with Crippen LogP contribution in [0.25, 0.3) is 0 Å². The lowest BCUT2D eigenvalue weighted by molar-refractivity contribution is -0.909. The number of rotatable bonds is 8. The Kier molecular flexibility index (Phi) is 7.66. The fourth-order valence-electron chi connectivity index (χ4n) is 3.58. The Hall–Kier alpha value is -0.120. The molecule has 0 bridgehead atoms. The number of hydrogen-bond donors (Lipinski definition) is 1. The Balaban J connectivity index is 2.47. The van der Waals surface area contributed by atoms with Crippen LogP contribution in [0.15, 0.2) is 0 Å². The second-order valence-electron chi connectivity index (χ2n) is 7.79. The van der Waals surface area contributed by atoms with Crippen molar-refractivity contribution in [3.05, 3.63) is 0 Å². The van der Waals surface area contributed by atoms with Gasteiger partial charge in [-0.3, -0.25) is 0 Å². The first-order valence-electron chi connectivity index (χ1n) is 8.94. The summed E-state index contributed by atoms with van der Waals surface area (Å²) < 4.78 is 7.08. The van der Waals surface area contributed by atoms with E-state index in [2.05, 4.69) is 41.7 Å². The first-order valence-corrected chi connectivity index (χ1v) is 8.94. The van der Waals surface area contributed by atoms with Crippen LogP contribution in [0.1, 0.15) is 53.9 Å². The lowest BCUT2D eigenvalue weighted by Gasteiger charge is -2.38. The van der Waals surface area contributed by atoms with Crippen LogP contribution in [-0.4, -0.2) is 55.1 Å². The quantitative estimate of drug-likeness (QED) is 0.697. The third-order valence-electron chi connectivity index (χ3n) is 5.64. The van der Waals surface area contributed by atoms with Gasteiger partial charge in [0.15, 0.2) is 0 Å². The summed E-state index contributed by atoms with van der Waals surface area (Å²) in [7, 11) is 2.21. The maximum atomic E-state index is 10.3. The second-order valence-corrected chi connectivity index (χ2v) is 7.79. The van der Waals surface area contributed by atoms with Gasteiger partial charge in [-0.25, -0.2) is 0 Å². The van der Waals surface area contributed by atoms with Crippen LogP contribution in [0.2, 0.25) is 0 Å². The van der Waals surface area contributed by atoms with Crippen molar-refractivity contribution in [3.63, 3.8) is 0 Å². The number of quaternary nitrogens is 1. The second kappa shape index (κ2) is 8.50. The molecule has 0 unspecified atom stereocenters. The Morgan fingerprint density at radius 1 is 1.19 bits per heavy atom. The molecular formula is C18H38NO2+. The molecule has 0 saturated heterocycles. The molecular weight excluding hydrogens is 262 g/mol. The number of aliphatic hydroxyl groups excluding tert-OH is 1. The highest BCUT2D eigenvalue weighted by atomic mass is 16.5. The first kappa shape index (κ1) is 18.9. The molecule has 3 heteroatoms. The standard InChI is InChI=1S/C18H38NO2/c1-7-19(6,8-2)12-16(20)13-21-18-11-15(5)9-10-17(18)14(3)4/h14-18,20H,7-13H2,1-6H3/q+1/t15-,16+,17-,18-/m1/s1. The normalized spacial score (nSPS) is 28.9. The minimum Gasteiger partial charge on any atom is -0.385 e. The average Bonchev–Trinajstić information content (AvgIpc) is 2.44. The molecule has 0 aromatic carbocycles. The van der Waals surface area contributed by atoms with Gasteiger partial charge in [0.25, 0.3) is 0 Å². The van der Waals surface area contributed by atoms with E-state index in [-0.39, 0.29) is 6.10 Å². The topological polar surface area (TPSA) is 29.5 Å². The molecule has 21 heavy (non-hydrogen) atoms. The zero-order valence-corrected chi connectivity index (χ0v) is 15.1. The predicted octanol–water partition coefficient (Wildman–Crippen LogP) is 3.31. The van der Waals surface area contributed by atoms with Crippen molar-refractivity contribution in [1.82, 2.24) is 0 Å². The third kappa shape index (κ3) is 5.88. The van der Waals surface area contributed by atoms with Crippen LogP contribution in [0, 0.1) is 17.8 Å². The van der Waals surface area contributed by atoms with Crippen LogP contribution in [0.4, 0.5) is 0 Å². The van der Waals surface area contributed by atoms with Gasteiger partial charge in [-0.1, -0.05) is 27.2 Å². The zero-order chi connectivity index (χ0) is 16.0. The molecule has 1 aliphatic rings. The summed E-state index contributed by atoms with van der Waals surface area (Å²) in [6.45, 7) is 14.7. The van der Waals surface area contributed by atoms with E-state index in [9.17, 15) is 5.11 Å². The van der Waals surface area contributed by atoms with Gasteiger partial charge in [0, 0.05) is 0 Å². The molecule has 0 heterocycles. The Morgan fingerprint density at radius 2 is 1.81 bits per heavy atom. The van der Waals surface area contributed by atoms with Gasteiger partial charge >= 0.3 is 0 Å². The van der Waals surface area contributed by atoms with E-state index >= 15 is 0 Å². The maximum Gasteiger partial charge on any atom is 0.126 e. The van der Waals surface area contributed by atoms with E-state index in [4.69, 9.17) is 4.74 Å². The van der Waals surface area contributed by atoms with Crippen LogP contribution in [0.5, 0.6) is 0 Å². The lowest BCUT2D eigenvalue weighted by atomic mass is 9.75. The summed E-state index contributed by atoms with van der Waals surface area (Å²) in [5, 5.41) is 10.3. The van der Waals surface area contributed by atoms with Crippen LogP contribution in [0.3, 0.4) is 0 Å². The van der Waals surface area contributed by atoms with Gasteiger partial charge in [0.1, 0.15) is 12.6 Å². The smallest absolute Gasteiger partial charge is 0.126 e. The molecule has 0 radical (unpaired) electrons. The van der Waals surface area contributed by atoms with Gasteiger partial charge in [-0.15, -0.1) is 0 Å². The average molecular weight is 301 g/mol. The molecule has 0 aliphatic heterocycles. The number of likely N-dealkylation sites (N-methyl/N-ethyl adjacent to an activating group) is 1. The molecule has 3 nitrogen and oxygen atoms in total. The number of ether oxygens (including phenoxy) is 1. The molecule has 1 rings (SSSR count). The summed E-state index contributed by atoms with van der Waals surface area (Å²) in [5.41, 5.74) is 0. The highest BCUT2D eigenvalue weighted by Gasteiger charge is 2.32. The van der Waals surface area contributed by atoms with Crippen LogP contribution >= 0.6 is 0 Å². The number of aliphatic hydroxyl groups is 1. The highest BCUT2D eigenvalue weighted by molar-refractivity contribution is 4.81. The van der Waals surface area contributed by atoms with Crippen LogP contribution in [-0.2, 0) is 4.74 Å². The van der Waals surface area contributed by atoms with E-state index in [0.717, 1.165) is 36.5 Å². The SMILES string of the molecule is CC[N+](C)(CC)C[C@H](O)CO[C@@H]1C[C@H](C)CC[C@@H]1C(C)C. The predicted molar refractivity (Wildman–Crippen MR) is 89.2 cm³/mol. The number of hydrogen-bond acceptors (Lipinski definition) is 2. The Labute approximate surface area is 132 Å². The van der Waals surface area contributed by atoms with Crippen molar-refractivity contribution in [2.75, 3.05) is 33.3 Å². The molecule has 4 atom stereocenters. The third-order valence-corrected chi connectivity index (χ3v) is 5.64. The summed E-state index contributed by atoms with van der Waals surface area (Å²) >= 11 is 0. The highest BCUT2D eigenvalue weighted by Crippen LogP contribution is 2.35. The lowest BCUT2D eigenvalue weighted by Crippen LogP contribution is -2.50. The minimum atomic E-state index is -0.347. The van der Waals surface area contributed by atoms with Crippen molar-refractivity contribution < 1.29 is 14.3 Å². The van der Waals surface area contributed by atoms with Crippen molar-refractivity contribution in [3.8, 4) is 0 Å². The molecule has 0 amide bonds. The van der Waals surface area contributed by atoms with Crippen molar-refractivity contribution in [1.29, 1.82) is 0 Å². The molecule has 0 aromatic heterocycles. The van der Waals surface area contributed by atoms with Gasteiger partial charge in [0.05, 0.1) is 32.8 Å². The molecule has 1 fully saturated rings. The van der Waals surface area contributed by atoms with Crippen molar-refractivity contribution in [2.45, 2.75) is 66.1 Å². The fourth-order valence-corrected chi connectivity index (χ4v) is 3.58. The first-order chi connectivity index (χ1) is 9.81. The van der Waals surface area contributed by atoms with Gasteiger partial charge < -0.3 is 14.3 Å². The van der Waals surface area contributed by atoms with E-state index in [0.29, 0.717) is 24.5 Å². The monoisotopic (exact) mass is 300 g/mol. The molecule has 1 aliphatic carbocycles. The molecule has 1 saturated carbocycles. The fraction of sp³-hybridized carbons (Fsp3) is 1.00. The Bertz CT molecular complexity index is 289. The largest absolute Gasteiger partial charge is 0.385 e. The van der Waals surface area contributed by atoms with E-state index in [1.807, 2.05) is 0 Å². The summed E-state index contributed by atoms with van der Waals surface area (Å²) in [5.74, 6) is 2.09. The van der Waals surface area contributed by atoms with E-state index in [1.165, 1.54) is 12.8 Å². The van der Waals surface area contributed by atoms with Gasteiger partial charge in [-0.05, 0) is 44.4 Å². The minimum absolute atomic E-state index is 0.338. The summed E-state index contributed by atoms with van der Waals surface area (Å²) in [6.07, 6.45) is 3.75. The van der Waals surface area contributed by atoms with Crippen molar-refractivity contribution >= 4 is 0 Å². The molecule has 1 N–H and O–H groups in total. The van der Waals surface area contributed by atoms with E-state index in [1.54, 1.807) is 0 Å². The molecule has 0 aromatic rings. The summed E-state index contributed by atoms with van der Waals surface area (Å²) in [6, 6.07) is 0. The number of nitrogens with zero attached hydrogens (tertiary/aromatic N) is 1. The van der Waals surface area contributed by atoms with Crippen molar-refractivity contribution in [2.24, 2.45) is 17.8 Å². The molecule has 126 valence electrons. The van der Waals surface area contributed by atoms with Crippen LogP contribution < -0.4 is 0 Å². The Morgan fingerprint density at radius 3 is 2.33 bits per heavy atom. The zero-order valence-electron chi connectivity index (χ0n) is 15.1. The van der Waals surface area contributed by atoms with E-state index < -0.39 is 0 Å². The van der Waals surface area contributed by atoms with Gasteiger partial charge in [0.2, 0.25) is 0 Å². The van der Waals surface area contributed by atoms with Gasteiger partial charge in [-0.2, -0.15) is 0 Å². The molecule has 0 spiro atoms.